The fourth-order valence-corrected chi connectivity index (χ4v) is 4.07. The van der Waals surface area contributed by atoms with Crippen molar-refractivity contribution in [1.29, 1.82) is 0 Å². The van der Waals surface area contributed by atoms with E-state index >= 15 is 0 Å². The van der Waals surface area contributed by atoms with Crippen LogP contribution in [0.15, 0.2) is 49.1 Å². The number of aryl methyl sites for hydroxylation is 1. The summed E-state index contributed by atoms with van der Waals surface area (Å²) >= 11 is 0. The largest absolute Gasteiger partial charge is 0.496 e. The number of ether oxygens (including phenoxy) is 2. The van der Waals surface area contributed by atoms with Gasteiger partial charge in [0.1, 0.15) is 28.8 Å². The van der Waals surface area contributed by atoms with Crippen molar-refractivity contribution >= 4 is 11.6 Å². The fourth-order valence-electron chi connectivity index (χ4n) is 4.07. The van der Waals surface area contributed by atoms with E-state index in [-0.39, 0.29) is 17.1 Å². The molecule has 1 unspecified atom stereocenters. The first-order valence-electron chi connectivity index (χ1n) is 11.1. The van der Waals surface area contributed by atoms with Crippen molar-refractivity contribution in [3.05, 3.63) is 54.6 Å². The molecule has 4 aromatic rings. The van der Waals surface area contributed by atoms with Gasteiger partial charge in [0.15, 0.2) is 0 Å². The van der Waals surface area contributed by atoms with Gasteiger partial charge in [0.2, 0.25) is 0 Å². The van der Waals surface area contributed by atoms with Crippen LogP contribution in [-0.2, 0) is 7.05 Å². The molecule has 0 aliphatic heterocycles. The van der Waals surface area contributed by atoms with E-state index in [0.29, 0.717) is 16.9 Å². The maximum absolute atomic E-state index is 13.5. The molecule has 36 heavy (non-hydrogen) atoms. The molecule has 0 spiro atoms. The summed E-state index contributed by atoms with van der Waals surface area (Å²) in [7, 11) is 4.52. The molecule has 0 aliphatic rings. The van der Waals surface area contributed by atoms with Crippen LogP contribution in [0.25, 0.3) is 28.0 Å². The first-order chi connectivity index (χ1) is 17.0. The third-order valence-electron chi connectivity index (χ3n) is 5.89. The van der Waals surface area contributed by atoms with Gasteiger partial charge in [-0.1, -0.05) is 13.8 Å². The molecule has 0 fully saturated rings. The number of nitrogens with one attached hydrogen (secondary N) is 1. The molecule has 3 aromatic heterocycles. The number of hydrogen-bond donors (Lipinski definition) is 1. The van der Waals surface area contributed by atoms with Gasteiger partial charge in [0, 0.05) is 30.6 Å². The molecule has 0 aliphatic carbocycles. The van der Waals surface area contributed by atoms with E-state index < -0.39 is 24.0 Å². The van der Waals surface area contributed by atoms with Crippen LogP contribution in [0.1, 0.15) is 24.2 Å². The van der Waals surface area contributed by atoms with E-state index in [9.17, 15) is 18.0 Å². The number of halogens is 3. The van der Waals surface area contributed by atoms with Crippen LogP contribution < -0.4 is 14.8 Å². The number of nitrogens with zero attached hydrogens (tertiary/aromatic N) is 4. The lowest BCUT2D eigenvalue weighted by Gasteiger charge is -2.25. The van der Waals surface area contributed by atoms with Crippen LogP contribution in [0.3, 0.4) is 0 Å². The normalized spacial score (nSPS) is 12.7. The van der Waals surface area contributed by atoms with Crippen molar-refractivity contribution in [2.24, 2.45) is 13.0 Å². The number of rotatable bonds is 7. The second-order valence-corrected chi connectivity index (χ2v) is 8.68. The highest BCUT2D eigenvalue weighted by Gasteiger charge is 2.43. The molecule has 0 saturated heterocycles. The van der Waals surface area contributed by atoms with Gasteiger partial charge in [-0.3, -0.25) is 13.9 Å². The standard InChI is InChI=1S/C25H26F3N5O3/c1-14(2)23(25(26,27)28)31-24(34)22-19(35-4)8-16(9-20(22)36-5)18-12-29-21-10-15(6-7-33(18)21)17-11-30-32(3)13-17/h6-14,23H,1-5H3,(H,31,34). The molecule has 0 radical (unpaired) electrons. The third kappa shape index (κ3) is 4.73. The Kier molecular flexibility index (Phi) is 6.66. The minimum absolute atomic E-state index is 0.0773. The highest BCUT2D eigenvalue weighted by Crippen LogP contribution is 2.36. The number of aromatic nitrogens is 4. The van der Waals surface area contributed by atoms with Crippen molar-refractivity contribution in [3.8, 4) is 33.9 Å². The Labute approximate surface area is 205 Å². The van der Waals surface area contributed by atoms with E-state index in [0.717, 1.165) is 11.1 Å². The van der Waals surface area contributed by atoms with E-state index in [1.165, 1.54) is 28.1 Å². The molecule has 1 aromatic carbocycles. The maximum Gasteiger partial charge on any atom is 0.408 e. The molecule has 0 saturated carbocycles. The third-order valence-corrected chi connectivity index (χ3v) is 5.89. The zero-order valence-corrected chi connectivity index (χ0v) is 20.4. The number of pyridine rings is 1. The van der Waals surface area contributed by atoms with E-state index in [4.69, 9.17) is 9.47 Å². The van der Waals surface area contributed by atoms with Crippen molar-refractivity contribution in [3.63, 3.8) is 0 Å². The van der Waals surface area contributed by atoms with Gasteiger partial charge < -0.3 is 14.8 Å². The minimum atomic E-state index is -4.60. The lowest BCUT2D eigenvalue weighted by Crippen LogP contribution is -2.48. The SMILES string of the molecule is COc1cc(-c2cnc3cc(-c4cnn(C)c4)ccn23)cc(OC)c1C(=O)NC(C(C)C)C(F)(F)F. The molecular formula is C25H26F3N5O3. The van der Waals surface area contributed by atoms with Gasteiger partial charge in [0.25, 0.3) is 5.91 Å². The number of fused-ring (bicyclic) bond motifs is 1. The molecule has 8 nitrogen and oxygen atoms in total. The molecule has 11 heteroatoms. The fraction of sp³-hybridized carbons (Fsp3) is 0.320. The summed E-state index contributed by atoms with van der Waals surface area (Å²) in [5.41, 5.74) is 3.74. The van der Waals surface area contributed by atoms with Crippen LogP contribution in [0.2, 0.25) is 0 Å². The molecule has 1 amide bonds. The molecule has 4 rings (SSSR count). The predicted octanol–water partition coefficient (Wildman–Crippen LogP) is 4.74. The van der Waals surface area contributed by atoms with Crippen LogP contribution in [0.4, 0.5) is 13.2 Å². The van der Waals surface area contributed by atoms with Crippen LogP contribution in [0.5, 0.6) is 11.5 Å². The molecule has 1 N–H and O–H groups in total. The van der Waals surface area contributed by atoms with Crippen molar-refractivity contribution < 1.29 is 27.4 Å². The first kappa shape index (κ1) is 25.1. The number of hydrogen-bond acceptors (Lipinski definition) is 5. The molecule has 3 heterocycles. The summed E-state index contributed by atoms with van der Waals surface area (Å²) in [4.78, 5) is 17.4. The summed E-state index contributed by atoms with van der Waals surface area (Å²) < 4.78 is 54.7. The Balaban J connectivity index is 1.74. The molecule has 1 atom stereocenters. The summed E-state index contributed by atoms with van der Waals surface area (Å²) in [6, 6.07) is 4.98. The smallest absolute Gasteiger partial charge is 0.408 e. The number of alkyl halides is 3. The number of carbonyl (C=O) groups is 1. The van der Waals surface area contributed by atoms with Gasteiger partial charge in [-0.25, -0.2) is 4.98 Å². The lowest BCUT2D eigenvalue weighted by molar-refractivity contribution is -0.162. The highest BCUT2D eigenvalue weighted by molar-refractivity contribution is 6.01. The molecule has 190 valence electrons. The van der Waals surface area contributed by atoms with Gasteiger partial charge >= 0.3 is 6.18 Å². The van der Waals surface area contributed by atoms with Gasteiger partial charge in [-0.2, -0.15) is 18.3 Å². The Morgan fingerprint density at radius 2 is 1.69 bits per heavy atom. The summed E-state index contributed by atoms with van der Waals surface area (Å²) in [6.45, 7) is 2.78. The monoisotopic (exact) mass is 501 g/mol. The molecular weight excluding hydrogens is 475 g/mol. The van der Waals surface area contributed by atoms with Gasteiger partial charge in [-0.15, -0.1) is 0 Å². The predicted molar refractivity (Wildman–Crippen MR) is 128 cm³/mol. The zero-order valence-electron chi connectivity index (χ0n) is 20.4. The topological polar surface area (TPSA) is 82.7 Å². The second-order valence-electron chi connectivity index (χ2n) is 8.68. The van der Waals surface area contributed by atoms with Crippen LogP contribution in [0, 0.1) is 5.92 Å². The number of methoxy groups -OCH3 is 2. The second kappa shape index (κ2) is 9.56. The quantitative estimate of drug-likeness (QED) is 0.396. The summed E-state index contributed by atoms with van der Waals surface area (Å²) in [5, 5.41) is 6.28. The Morgan fingerprint density at radius 3 is 2.22 bits per heavy atom. The van der Waals surface area contributed by atoms with E-state index in [2.05, 4.69) is 15.4 Å². The van der Waals surface area contributed by atoms with E-state index in [1.807, 2.05) is 36.0 Å². The summed E-state index contributed by atoms with van der Waals surface area (Å²) in [6.07, 6.45) is 2.58. The van der Waals surface area contributed by atoms with Gasteiger partial charge in [0.05, 0.1) is 32.3 Å². The Bertz CT molecular complexity index is 1380. The van der Waals surface area contributed by atoms with Gasteiger partial charge in [-0.05, 0) is 35.7 Å². The lowest BCUT2D eigenvalue weighted by atomic mass is 10.0. The highest BCUT2D eigenvalue weighted by atomic mass is 19.4. The van der Waals surface area contributed by atoms with Crippen molar-refractivity contribution in [1.82, 2.24) is 24.5 Å². The minimum Gasteiger partial charge on any atom is -0.496 e. The number of benzene rings is 1. The number of imidazole rings is 1. The summed E-state index contributed by atoms with van der Waals surface area (Å²) in [5.74, 6) is -1.65. The maximum atomic E-state index is 13.5. The average Bonchev–Trinajstić information content (AvgIpc) is 3.46. The van der Waals surface area contributed by atoms with Crippen molar-refractivity contribution in [2.75, 3.05) is 14.2 Å². The molecule has 0 bridgehead atoms. The number of carbonyl (C=O) groups excluding carboxylic acids is 1. The Morgan fingerprint density at radius 1 is 1.03 bits per heavy atom. The number of amides is 1. The Hall–Kier alpha value is -4.02. The first-order valence-corrected chi connectivity index (χ1v) is 11.1. The van der Waals surface area contributed by atoms with Crippen LogP contribution >= 0.6 is 0 Å². The zero-order chi connectivity index (χ0) is 26.2. The van der Waals surface area contributed by atoms with E-state index in [1.54, 1.807) is 29.2 Å². The van der Waals surface area contributed by atoms with Crippen molar-refractivity contribution in [2.45, 2.75) is 26.1 Å². The average molecular weight is 502 g/mol. The van der Waals surface area contributed by atoms with Crippen LogP contribution in [-0.4, -0.2) is 51.5 Å².